The lowest BCUT2D eigenvalue weighted by Gasteiger charge is -2.16. The van der Waals surface area contributed by atoms with Crippen molar-refractivity contribution >= 4 is 5.97 Å². The van der Waals surface area contributed by atoms with Gasteiger partial charge in [0.2, 0.25) is 0 Å². The molecule has 0 aliphatic carbocycles. The molecule has 0 saturated carbocycles. The van der Waals surface area contributed by atoms with E-state index in [1.165, 1.54) is 0 Å². The van der Waals surface area contributed by atoms with E-state index in [0.717, 1.165) is 51.3 Å². The van der Waals surface area contributed by atoms with Crippen LogP contribution in [0.3, 0.4) is 0 Å². The number of hydrogen-bond acceptors (Lipinski definition) is 3. The molecule has 5 aromatic rings. The number of carboxylic acids is 1. The van der Waals surface area contributed by atoms with Crippen molar-refractivity contribution in [2.75, 3.05) is 0 Å². The van der Waals surface area contributed by atoms with Gasteiger partial charge in [0.25, 0.3) is 0 Å². The van der Waals surface area contributed by atoms with Gasteiger partial charge in [0.05, 0.1) is 11.4 Å². The average Bonchev–Trinajstić information content (AvgIpc) is 3.36. The van der Waals surface area contributed by atoms with Crippen molar-refractivity contribution in [3.63, 3.8) is 0 Å². The molecule has 0 spiro atoms. The van der Waals surface area contributed by atoms with Crippen molar-refractivity contribution in [2.45, 2.75) is 32.8 Å². The van der Waals surface area contributed by atoms with E-state index in [0.29, 0.717) is 12.2 Å². The first-order chi connectivity index (χ1) is 18.6. The molecule has 5 heteroatoms. The Morgan fingerprint density at radius 1 is 0.816 bits per heavy atom. The van der Waals surface area contributed by atoms with Crippen LogP contribution in [0.25, 0.3) is 39.2 Å². The maximum Gasteiger partial charge on any atom is 0.344 e. The first-order valence-electron chi connectivity index (χ1n) is 12.9. The fourth-order valence-corrected chi connectivity index (χ4v) is 4.80. The van der Waals surface area contributed by atoms with E-state index in [4.69, 9.17) is 9.84 Å². The predicted octanol–water partition coefficient (Wildman–Crippen LogP) is 7.68. The van der Waals surface area contributed by atoms with E-state index >= 15 is 0 Å². The number of aromatic nitrogens is 2. The summed E-state index contributed by atoms with van der Waals surface area (Å²) < 4.78 is 7.85. The van der Waals surface area contributed by atoms with Gasteiger partial charge in [0, 0.05) is 16.7 Å². The Morgan fingerprint density at radius 2 is 1.45 bits per heavy atom. The van der Waals surface area contributed by atoms with Crippen LogP contribution in [0.5, 0.6) is 5.75 Å². The second kappa shape index (κ2) is 11.2. The van der Waals surface area contributed by atoms with E-state index in [-0.39, 0.29) is 0 Å². The van der Waals surface area contributed by atoms with Crippen molar-refractivity contribution in [1.29, 1.82) is 0 Å². The number of benzene rings is 4. The third-order valence-electron chi connectivity index (χ3n) is 6.63. The maximum absolute atomic E-state index is 11.5. The Balaban J connectivity index is 1.68. The number of aliphatic carboxylic acids is 1. The van der Waals surface area contributed by atoms with Crippen LogP contribution in [0.1, 0.15) is 26.0 Å². The summed E-state index contributed by atoms with van der Waals surface area (Å²) >= 11 is 0. The number of para-hydroxylation sites is 1. The smallest absolute Gasteiger partial charge is 0.344 e. The molecule has 4 aromatic carbocycles. The van der Waals surface area contributed by atoms with Crippen LogP contribution in [0.2, 0.25) is 0 Å². The Kier molecular flexibility index (Phi) is 7.36. The zero-order valence-electron chi connectivity index (χ0n) is 21.5. The standard InChI is InChI=1S/C33H30N2O3/c1-3-28-31(23-14-7-5-8-15-23)32(24-16-9-6-10-17-24)34-35(28)29-21-12-11-20-27(29)25-18-13-19-26(22-25)38-30(4-2)33(36)37/h5-22,30H,3-4H2,1-2H3,(H,36,37). The number of carbonyl (C=O) groups is 1. The lowest BCUT2D eigenvalue weighted by Crippen LogP contribution is -2.25. The minimum absolute atomic E-state index is 0.383. The number of hydrogen-bond donors (Lipinski definition) is 1. The molecule has 1 unspecified atom stereocenters. The van der Waals surface area contributed by atoms with Gasteiger partial charge in [-0.15, -0.1) is 0 Å². The molecular weight excluding hydrogens is 472 g/mol. The van der Waals surface area contributed by atoms with Crippen LogP contribution < -0.4 is 4.74 Å². The highest BCUT2D eigenvalue weighted by Gasteiger charge is 2.22. The van der Waals surface area contributed by atoms with Gasteiger partial charge in [-0.1, -0.05) is 105 Å². The van der Waals surface area contributed by atoms with Crippen LogP contribution in [-0.4, -0.2) is 27.0 Å². The number of rotatable bonds is 9. The summed E-state index contributed by atoms with van der Waals surface area (Å²) in [4.78, 5) is 11.5. The summed E-state index contributed by atoms with van der Waals surface area (Å²) in [6.45, 7) is 3.96. The van der Waals surface area contributed by atoms with E-state index in [1.54, 1.807) is 13.0 Å². The molecule has 5 rings (SSSR count). The topological polar surface area (TPSA) is 64.4 Å². The van der Waals surface area contributed by atoms with Gasteiger partial charge in [-0.25, -0.2) is 9.48 Å². The molecule has 0 fully saturated rings. The average molecular weight is 503 g/mol. The third-order valence-corrected chi connectivity index (χ3v) is 6.63. The Hall–Kier alpha value is -4.64. The van der Waals surface area contributed by atoms with Crippen LogP contribution >= 0.6 is 0 Å². The highest BCUT2D eigenvalue weighted by atomic mass is 16.5. The van der Waals surface area contributed by atoms with Gasteiger partial charge in [-0.2, -0.15) is 5.10 Å². The Labute approximate surface area is 223 Å². The summed E-state index contributed by atoms with van der Waals surface area (Å²) in [7, 11) is 0. The van der Waals surface area contributed by atoms with Crippen molar-refractivity contribution in [2.24, 2.45) is 0 Å². The molecular formula is C33H30N2O3. The molecule has 1 N–H and O–H groups in total. The Bertz CT molecular complexity index is 1540. The number of nitrogens with zero attached hydrogens (tertiary/aromatic N) is 2. The molecule has 0 radical (unpaired) electrons. The minimum atomic E-state index is -0.968. The van der Waals surface area contributed by atoms with Crippen molar-refractivity contribution in [1.82, 2.24) is 9.78 Å². The summed E-state index contributed by atoms with van der Waals surface area (Å²) in [6, 6.07) is 36.4. The maximum atomic E-state index is 11.5. The fraction of sp³-hybridized carbons (Fsp3) is 0.152. The fourth-order valence-electron chi connectivity index (χ4n) is 4.80. The highest BCUT2D eigenvalue weighted by molar-refractivity contribution is 5.84. The van der Waals surface area contributed by atoms with E-state index in [9.17, 15) is 9.90 Å². The van der Waals surface area contributed by atoms with Gasteiger partial charge in [-0.05, 0) is 42.2 Å². The molecule has 0 aliphatic heterocycles. The summed E-state index contributed by atoms with van der Waals surface area (Å²) in [5.74, 6) is -0.443. The zero-order valence-corrected chi connectivity index (χ0v) is 21.5. The molecule has 190 valence electrons. The minimum Gasteiger partial charge on any atom is -0.479 e. The predicted molar refractivity (Wildman–Crippen MR) is 152 cm³/mol. The third kappa shape index (κ3) is 4.96. The molecule has 0 aliphatic rings. The molecule has 1 aromatic heterocycles. The largest absolute Gasteiger partial charge is 0.479 e. The molecule has 38 heavy (non-hydrogen) atoms. The molecule has 5 nitrogen and oxygen atoms in total. The van der Waals surface area contributed by atoms with E-state index in [2.05, 4.69) is 60.1 Å². The molecule has 1 atom stereocenters. The number of ether oxygens (including phenoxy) is 1. The van der Waals surface area contributed by atoms with Gasteiger partial charge in [-0.3, -0.25) is 0 Å². The van der Waals surface area contributed by atoms with Gasteiger partial charge in [0.15, 0.2) is 6.10 Å². The molecule has 0 saturated heterocycles. The first-order valence-corrected chi connectivity index (χ1v) is 12.9. The van der Waals surface area contributed by atoms with Crippen LogP contribution in [0, 0.1) is 0 Å². The van der Waals surface area contributed by atoms with Crippen LogP contribution in [-0.2, 0) is 11.2 Å². The van der Waals surface area contributed by atoms with Crippen LogP contribution in [0.4, 0.5) is 0 Å². The van der Waals surface area contributed by atoms with Gasteiger partial charge >= 0.3 is 5.97 Å². The second-order valence-electron chi connectivity index (χ2n) is 9.07. The zero-order chi connectivity index (χ0) is 26.5. The summed E-state index contributed by atoms with van der Waals surface area (Å²) in [5, 5.41) is 14.7. The van der Waals surface area contributed by atoms with Crippen molar-refractivity contribution in [3.05, 3.63) is 115 Å². The molecule has 1 heterocycles. The van der Waals surface area contributed by atoms with E-state index in [1.807, 2.05) is 54.6 Å². The Morgan fingerprint density at radius 3 is 2.11 bits per heavy atom. The quantitative estimate of drug-likeness (QED) is 0.225. The lowest BCUT2D eigenvalue weighted by atomic mass is 9.97. The van der Waals surface area contributed by atoms with E-state index < -0.39 is 12.1 Å². The van der Waals surface area contributed by atoms with Crippen LogP contribution in [0.15, 0.2) is 109 Å². The first kappa shape index (κ1) is 25.0. The SMILES string of the molecule is CCc1c(-c2ccccc2)c(-c2ccccc2)nn1-c1ccccc1-c1cccc(OC(CC)C(=O)O)c1. The summed E-state index contributed by atoms with van der Waals surface area (Å²) in [5.41, 5.74) is 8.23. The summed E-state index contributed by atoms with van der Waals surface area (Å²) in [6.07, 6.45) is 0.284. The lowest BCUT2D eigenvalue weighted by molar-refractivity contribution is -0.145. The van der Waals surface area contributed by atoms with Gasteiger partial charge < -0.3 is 9.84 Å². The molecule has 0 bridgehead atoms. The van der Waals surface area contributed by atoms with Crippen molar-refractivity contribution in [3.8, 4) is 44.9 Å². The highest BCUT2D eigenvalue weighted by Crippen LogP contribution is 2.38. The monoisotopic (exact) mass is 502 g/mol. The second-order valence-corrected chi connectivity index (χ2v) is 9.07. The number of carboxylic acid groups (broad SMARTS) is 1. The van der Waals surface area contributed by atoms with Gasteiger partial charge in [0.1, 0.15) is 11.4 Å². The molecule has 0 amide bonds. The van der Waals surface area contributed by atoms with Crippen molar-refractivity contribution < 1.29 is 14.6 Å². The normalized spacial score (nSPS) is 11.7.